The van der Waals surface area contributed by atoms with Crippen LogP contribution in [0.3, 0.4) is 0 Å². The summed E-state index contributed by atoms with van der Waals surface area (Å²) in [6, 6.07) is 4.06. The maximum absolute atomic E-state index is 5.50. The van der Waals surface area contributed by atoms with E-state index in [9.17, 15) is 0 Å². The fourth-order valence-electron chi connectivity index (χ4n) is 3.75. The van der Waals surface area contributed by atoms with Gasteiger partial charge in [0.1, 0.15) is 11.3 Å². The molecule has 0 unspecified atom stereocenters. The Morgan fingerprint density at radius 2 is 1.70 bits per heavy atom. The van der Waals surface area contributed by atoms with Crippen molar-refractivity contribution in [2.45, 2.75) is 38.6 Å². The summed E-state index contributed by atoms with van der Waals surface area (Å²) in [4.78, 5) is 9.51. The van der Waals surface area contributed by atoms with Crippen molar-refractivity contribution in [3.05, 3.63) is 24.2 Å². The summed E-state index contributed by atoms with van der Waals surface area (Å²) in [6.45, 7) is 4.59. The lowest BCUT2D eigenvalue weighted by Crippen LogP contribution is -2.23. The minimum atomic E-state index is 0.677. The number of hydrogen-bond acceptors (Lipinski definition) is 4. The zero-order chi connectivity index (χ0) is 15.5. The van der Waals surface area contributed by atoms with Crippen LogP contribution in [-0.2, 0) is 22.4 Å². The smallest absolute Gasteiger partial charge is 0.159 e. The van der Waals surface area contributed by atoms with Crippen molar-refractivity contribution in [3.63, 3.8) is 0 Å². The molecule has 0 atom stereocenters. The second-order valence-corrected chi connectivity index (χ2v) is 6.80. The predicted molar refractivity (Wildman–Crippen MR) is 88.3 cm³/mol. The molecule has 0 aromatic carbocycles. The lowest BCUT2D eigenvalue weighted by atomic mass is 9.96. The Balaban J connectivity index is 1.60. The Hall–Kier alpha value is -1.46. The highest BCUT2D eigenvalue weighted by molar-refractivity contribution is 5.71. The largest absolute Gasteiger partial charge is 0.381 e. The Morgan fingerprint density at radius 1 is 1.00 bits per heavy atom. The Labute approximate surface area is 137 Å². The van der Waals surface area contributed by atoms with Gasteiger partial charge in [-0.05, 0) is 49.7 Å². The second-order valence-electron chi connectivity index (χ2n) is 6.80. The Bertz CT molecular complexity index is 643. The van der Waals surface area contributed by atoms with Crippen LogP contribution in [0, 0.1) is 11.8 Å². The average Bonchev–Trinajstić information content (AvgIpc) is 2.94. The first kappa shape index (κ1) is 15.1. The summed E-state index contributed by atoms with van der Waals surface area (Å²) < 4.78 is 13.4. The third kappa shape index (κ3) is 3.40. The summed E-state index contributed by atoms with van der Waals surface area (Å²) in [5.74, 6) is 2.57. The fourth-order valence-corrected chi connectivity index (χ4v) is 3.75. The van der Waals surface area contributed by atoms with E-state index < -0.39 is 0 Å². The molecule has 2 fully saturated rings. The number of pyridine rings is 1. The van der Waals surface area contributed by atoms with Gasteiger partial charge in [-0.15, -0.1) is 0 Å². The number of aromatic nitrogens is 3. The van der Waals surface area contributed by atoms with Crippen molar-refractivity contribution in [2.75, 3.05) is 26.4 Å². The minimum absolute atomic E-state index is 0.677. The van der Waals surface area contributed by atoms with E-state index in [1.165, 1.54) is 5.82 Å². The molecule has 0 aliphatic carbocycles. The highest BCUT2D eigenvalue weighted by Gasteiger charge is 2.22. The van der Waals surface area contributed by atoms with Crippen molar-refractivity contribution in [1.29, 1.82) is 0 Å². The third-order valence-corrected chi connectivity index (χ3v) is 5.18. The van der Waals surface area contributed by atoms with Crippen LogP contribution in [0.2, 0.25) is 0 Å². The van der Waals surface area contributed by atoms with Gasteiger partial charge in [0.2, 0.25) is 0 Å². The zero-order valence-electron chi connectivity index (χ0n) is 13.6. The van der Waals surface area contributed by atoms with Crippen molar-refractivity contribution in [3.8, 4) is 0 Å². The van der Waals surface area contributed by atoms with E-state index >= 15 is 0 Å². The third-order valence-electron chi connectivity index (χ3n) is 5.18. The lowest BCUT2D eigenvalue weighted by Gasteiger charge is -2.25. The zero-order valence-corrected chi connectivity index (χ0v) is 13.6. The van der Waals surface area contributed by atoms with Crippen molar-refractivity contribution in [1.82, 2.24) is 14.5 Å². The molecule has 5 heteroatoms. The number of hydrogen-bond donors (Lipinski definition) is 0. The molecule has 0 N–H and O–H groups in total. The van der Waals surface area contributed by atoms with Gasteiger partial charge < -0.3 is 14.0 Å². The molecule has 4 rings (SSSR count). The molecule has 23 heavy (non-hydrogen) atoms. The van der Waals surface area contributed by atoms with Crippen LogP contribution in [0.15, 0.2) is 18.3 Å². The van der Waals surface area contributed by atoms with Crippen molar-refractivity contribution < 1.29 is 9.47 Å². The lowest BCUT2D eigenvalue weighted by molar-refractivity contribution is 0.0596. The van der Waals surface area contributed by atoms with E-state index in [1.54, 1.807) is 0 Å². The maximum atomic E-state index is 5.50. The average molecular weight is 315 g/mol. The molecule has 2 aliphatic heterocycles. The van der Waals surface area contributed by atoms with Gasteiger partial charge >= 0.3 is 0 Å². The van der Waals surface area contributed by atoms with Crippen LogP contribution < -0.4 is 0 Å². The molecule has 2 aromatic heterocycles. The highest BCUT2D eigenvalue weighted by Crippen LogP contribution is 2.25. The second kappa shape index (κ2) is 6.97. The first-order chi connectivity index (χ1) is 11.4. The van der Waals surface area contributed by atoms with Crippen LogP contribution >= 0.6 is 0 Å². The normalized spacial score (nSPS) is 21.0. The minimum Gasteiger partial charge on any atom is -0.381 e. The van der Waals surface area contributed by atoms with Crippen LogP contribution in [0.1, 0.15) is 31.5 Å². The summed E-state index contributed by atoms with van der Waals surface area (Å²) in [7, 11) is 0. The number of nitrogens with zero attached hydrogens (tertiary/aromatic N) is 3. The summed E-state index contributed by atoms with van der Waals surface area (Å²) in [6.07, 6.45) is 7.50. The monoisotopic (exact) mass is 315 g/mol. The molecule has 2 saturated heterocycles. The molecular formula is C18H25N3O2. The van der Waals surface area contributed by atoms with Crippen molar-refractivity contribution >= 4 is 11.2 Å². The topological polar surface area (TPSA) is 49.2 Å². The number of ether oxygens (including phenoxy) is 2. The van der Waals surface area contributed by atoms with Gasteiger partial charge in [0.15, 0.2) is 5.65 Å². The van der Waals surface area contributed by atoms with Crippen LogP contribution in [0.4, 0.5) is 0 Å². The van der Waals surface area contributed by atoms with Crippen molar-refractivity contribution in [2.24, 2.45) is 11.8 Å². The predicted octanol–water partition coefficient (Wildman–Crippen LogP) is 2.83. The number of imidazole rings is 1. The van der Waals surface area contributed by atoms with Gasteiger partial charge in [0.25, 0.3) is 0 Å². The molecule has 5 nitrogen and oxygen atoms in total. The van der Waals surface area contributed by atoms with E-state index in [-0.39, 0.29) is 0 Å². The summed E-state index contributed by atoms with van der Waals surface area (Å²) in [5.41, 5.74) is 2.07. The van der Waals surface area contributed by atoms with E-state index in [0.717, 1.165) is 76.2 Å². The molecule has 0 saturated carbocycles. The van der Waals surface area contributed by atoms with E-state index in [0.29, 0.717) is 11.8 Å². The molecule has 0 bridgehead atoms. The number of rotatable bonds is 4. The van der Waals surface area contributed by atoms with Gasteiger partial charge in [-0.2, -0.15) is 0 Å². The SMILES string of the molecule is c1cnc2c(c1)nc(CC1CCOCC1)n2CC1CCOCC1. The van der Waals surface area contributed by atoms with E-state index in [4.69, 9.17) is 14.5 Å². The summed E-state index contributed by atoms with van der Waals surface area (Å²) >= 11 is 0. The molecule has 2 aromatic rings. The molecule has 0 radical (unpaired) electrons. The van der Waals surface area contributed by atoms with Gasteiger partial charge in [0, 0.05) is 45.6 Å². The first-order valence-electron chi connectivity index (χ1n) is 8.86. The number of fused-ring (bicyclic) bond motifs is 1. The molecule has 0 spiro atoms. The maximum Gasteiger partial charge on any atom is 0.159 e. The standard InChI is InChI=1S/C18H25N3O2/c1-2-16-18(19-7-1)21(13-15-5-10-23-11-6-15)17(20-16)12-14-3-8-22-9-4-14/h1-2,7,14-15H,3-6,8-13H2. The molecule has 2 aliphatic rings. The van der Waals surface area contributed by atoms with Gasteiger partial charge in [-0.1, -0.05) is 0 Å². The molecular weight excluding hydrogens is 290 g/mol. The Morgan fingerprint density at radius 3 is 2.43 bits per heavy atom. The van der Waals surface area contributed by atoms with Gasteiger partial charge in [0.05, 0.1) is 0 Å². The quantitative estimate of drug-likeness (QED) is 0.870. The molecule has 0 amide bonds. The van der Waals surface area contributed by atoms with E-state index in [1.807, 2.05) is 12.3 Å². The van der Waals surface area contributed by atoms with Crippen LogP contribution in [0.25, 0.3) is 11.2 Å². The molecule has 124 valence electrons. The van der Waals surface area contributed by atoms with Crippen LogP contribution in [-0.4, -0.2) is 41.0 Å². The first-order valence-corrected chi connectivity index (χ1v) is 8.86. The highest BCUT2D eigenvalue weighted by atomic mass is 16.5. The van der Waals surface area contributed by atoms with Gasteiger partial charge in [-0.3, -0.25) is 0 Å². The van der Waals surface area contributed by atoms with E-state index in [2.05, 4.69) is 15.6 Å². The Kier molecular flexibility index (Phi) is 4.57. The van der Waals surface area contributed by atoms with Crippen LogP contribution in [0.5, 0.6) is 0 Å². The van der Waals surface area contributed by atoms with Gasteiger partial charge in [-0.25, -0.2) is 9.97 Å². The summed E-state index contributed by atoms with van der Waals surface area (Å²) in [5, 5.41) is 0. The molecule has 4 heterocycles. The fraction of sp³-hybridized carbons (Fsp3) is 0.667.